The maximum atomic E-state index is 4.93. The lowest BCUT2D eigenvalue weighted by Crippen LogP contribution is -2.26. The average molecular weight is 290 g/mol. The number of hydrogen-bond donors (Lipinski definition) is 0. The quantitative estimate of drug-likeness (QED) is 0.550. The van der Waals surface area contributed by atoms with Gasteiger partial charge in [0.2, 0.25) is 0 Å². The second-order valence-corrected chi connectivity index (χ2v) is 7.89. The van der Waals surface area contributed by atoms with Crippen molar-refractivity contribution in [2.45, 2.75) is 85.1 Å². The Morgan fingerprint density at radius 1 is 0.905 bits per heavy atom. The van der Waals surface area contributed by atoms with Crippen molar-refractivity contribution in [1.82, 2.24) is 0 Å². The first kappa shape index (κ1) is 18.1. The van der Waals surface area contributed by atoms with Gasteiger partial charge in [-0.05, 0) is 19.3 Å². The summed E-state index contributed by atoms with van der Waals surface area (Å²) in [5.74, 6) is 0. The summed E-state index contributed by atoms with van der Waals surface area (Å²) in [6.45, 7) is 12.7. The van der Waals surface area contributed by atoms with Crippen LogP contribution in [0.15, 0.2) is 22.8 Å². The molecule has 0 radical (unpaired) electrons. The highest BCUT2D eigenvalue weighted by atomic mass is 14.8. The summed E-state index contributed by atoms with van der Waals surface area (Å²) in [7, 11) is 0. The zero-order chi connectivity index (χ0) is 15.8. The van der Waals surface area contributed by atoms with Gasteiger partial charge in [-0.25, -0.2) is 0 Å². The Bertz CT molecular complexity index is 356. The van der Waals surface area contributed by atoms with E-state index in [1.165, 1.54) is 44.9 Å². The third-order valence-corrected chi connectivity index (χ3v) is 4.15. The van der Waals surface area contributed by atoms with Crippen molar-refractivity contribution in [1.29, 1.82) is 0 Å². The molecule has 1 aliphatic rings. The van der Waals surface area contributed by atoms with Crippen LogP contribution in [-0.4, -0.2) is 18.5 Å². The Morgan fingerprint density at radius 3 is 2.00 bits per heavy atom. The monoisotopic (exact) mass is 290 g/mol. The third-order valence-electron chi connectivity index (χ3n) is 4.15. The molecule has 1 rings (SSSR count). The van der Waals surface area contributed by atoms with Crippen molar-refractivity contribution < 1.29 is 0 Å². The summed E-state index contributed by atoms with van der Waals surface area (Å²) >= 11 is 0. The summed E-state index contributed by atoms with van der Waals surface area (Å²) in [6, 6.07) is 0.550. The lowest BCUT2D eigenvalue weighted by Gasteiger charge is -2.30. The average Bonchev–Trinajstić information content (AvgIpc) is 2.34. The van der Waals surface area contributed by atoms with E-state index < -0.39 is 0 Å². The van der Waals surface area contributed by atoms with E-state index in [0.717, 1.165) is 6.42 Å². The SMILES string of the molecule is C=CN=CC(C)(C)CC(C)(C)C=NC1CCCCCCC1. The van der Waals surface area contributed by atoms with Crippen molar-refractivity contribution in [3.8, 4) is 0 Å². The predicted octanol–water partition coefficient (Wildman–Crippen LogP) is 5.83. The van der Waals surface area contributed by atoms with E-state index >= 15 is 0 Å². The van der Waals surface area contributed by atoms with Crippen LogP contribution in [0.25, 0.3) is 0 Å². The minimum absolute atomic E-state index is 0.0741. The second kappa shape index (κ2) is 8.51. The second-order valence-electron chi connectivity index (χ2n) is 7.89. The topological polar surface area (TPSA) is 24.7 Å². The molecular weight excluding hydrogens is 256 g/mol. The molecule has 1 fully saturated rings. The lowest BCUT2D eigenvalue weighted by molar-refractivity contribution is 0.347. The standard InChI is InChI=1S/C19H34N2/c1-6-20-15-18(2,3)14-19(4,5)16-21-17-12-10-8-7-9-11-13-17/h6,15-17H,1,7-14H2,2-5H3. The molecule has 1 saturated carbocycles. The summed E-state index contributed by atoms with van der Waals surface area (Å²) < 4.78 is 0. The molecule has 0 bridgehead atoms. The Kier molecular flexibility index (Phi) is 7.34. The highest BCUT2D eigenvalue weighted by Crippen LogP contribution is 2.31. The molecule has 1 aliphatic carbocycles. The zero-order valence-corrected chi connectivity index (χ0v) is 14.6. The van der Waals surface area contributed by atoms with Crippen molar-refractivity contribution in [3.63, 3.8) is 0 Å². The molecular formula is C19H34N2. The van der Waals surface area contributed by atoms with Gasteiger partial charge in [-0.15, -0.1) is 0 Å². The van der Waals surface area contributed by atoms with Gasteiger partial charge in [-0.2, -0.15) is 0 Å². The fourth-order valence-corrected chi connectivity index (χ4v) is 3.41. The first-order valence-electron chi connectivity index (χ1n) is 8.54. The van der Waals surface area contributed by atoms with Gasteiger partial charge in [0, 0.05) is 35.5 Å². The van der Waals surface area contributed by atoms with Crippen LogP contribution in [0.3, 0.4) is 0 Å². The van der Waals surface area contributed by atoms with Crippen molar-refractivity contribution >= 4 is 12.4 Å². The lowest BCUT2D eigenvalue weighted by atomic mass is 9.76. The van der Waals surface area contributed by atoms with E-state index in [4.69, 9.17) is 4.99 Å². The third kappa shape index (κ3) is 8.18. The van der Waals surface area contributed by atoms with E-state index in [1.807, 2.05) is 6.21 Å². The Morgan fingerprint density at radius 2 is 1.43 bits per heavy atom. The molecule has 0 aromatic rings. The molecule has 0 aliphatic heterocycles. The molecule has 0 N–H and O–H groups in total. The summed E-state index contributed by atoms with van der Waals surface area (Å²) in [5, 5.41) is 0. The highest BCUT2D eigenvalue weighted by molar-refractivity contribution is 5.69. The molecule has 0 aromatic heterocycles. The van der Waals surface area contributed by atoms with Crippen LogP contribution in [0.5, 0.6) is 0 Å². The normalized spacial score (nSPS) is 19.8. The Balaban J connectivity index is 2.58. The van der Waals surface area contributed by atoms with E-state index in [2.05, 4.69) is 45.5 Å². The highest BCUT2D eigenvalue weighted by Gasteiger charge is 2.26. The Labute approximate surface area is 131 Å². The fourth-order valence-electron chi connectivity index (χ4n) is 3.41. The number of nitrogens with zero attached hydrogens (tertiary/aromatic N) is 2. The summed E-state index contributed by atoms with van der Waals surface area (Å²) in [6.07, 6.45) is 16.3. The van der Waals surface area contributed by atoms with Crippen LogP contribution >= 0.6 is 0 Å². The van der Waals surface area contributed by atoms with Gasteiger partial charge in [0.25, 0.3) is 0 Å². The van der Waals surface area contributed by atoms with Gasteiger partial charge in [0.05, 0.1) is 0 Å². The van der Waals surface area contributed by atoms with Crippen LogP contribution in [0.4, 0.5) is 0 Å². The van der Waals surface area contributed by atoms with E-state index in [1.54, 1.807) is 6.20 Å². The van der Waals surface area contributed by atoms with Gasteiger partial charge in [-0.3, -0.25) is 9.98 Å². The van der Waals surface area contributed by atoms with Gasteiger partial charge in [0.1, 0.15) is 0 Å². The summed E-state index contributed by atoms with van der Waals surface area (Å²) in [5.41, 5.74) is 0.184. The largest absolute Gasteiger partial charge is 0.294 e. The fraction of sp³-hybridized carbons (Fsp3) is 0.789. The smallest absolute Gasteiger partial charge is 0.0496 e. The maximum Gasteiger partial charge on any atom is 0.0496 e. The molecule has 120 valence electrons. The number of aliphatic imine (C=N–C) groups is 2. The molecule has 21 heavy (non-hydrogen) atoms. The first-order valence-corrected chi connectivity index (χ1v) is 8.54. The minimum atomic E-state index is 0.0741. The van der Waals surface area contributed by atoms with Crippen LogP contribution in [0.1, 0.15) is 79.1 Å². The molecule has 2 nitrogen and oxygen atoms in total. The number of rotatable bonds is 6. The molecule has 0 spiro atoms. The molecule has 0 saturated heterocycles. The van der Waals surface area contributed by atoms with Crippen LogP contribution in [0.2, 0.25) is 0 Å². The molecule has 0 atom stereocenters. The van der Waals surface area contributed by atoms with Gasteiger partial charge in [0.15, 0.2) is 0 Å². The number of hydrogen-bond acceptors (Lipinski definition) is 2. The van der Waals surface area contributed by atoms with Crippen molar-refractivity contribution in [2.75, 3.05) is 0 Å². The molecule has 0 heterocycles. The van der Waals surface area contributed by atoms with E-state index in [-0.39, 0.29) is 10.8 Å². The first-order chi connectivity index (χ1) is 9.85. The van der Waals surface area contributed by atoms with E-state index in [9.17, 15) is 0 Å². The van der Waals surface area contributed by atoms with Crippen molar-refractivity contribution in [2.24, 2.45) is 20.8 Å². The summed E-state index contributed by atoms with van der Waals surface area (Å²) in [4.78, 5) is 9.13. The molecule has 2 heteroatoms. The van der Waals surface area contributed by atoms with Crippen LogP contribution < -0.4 is 0 Å². The van der Waals surface area contributed by atoms with Gasteiger partial charge < -0.3 is 0 Å². The van der Waals surface area contributed by atoms with Crippen LogP contribution in [0, 0.1) is 10.8 Å². The molecule has 0 unspecified atom stereocenters. The maximum absolute atomic E-state index is 4.93. The van der Waals surface area contributed by atoms with Gasteiger partial charge >= 0.3 is 0 Å². The van der Waals surface area contributed by atoms with Gasteiger partial charge in [-0.1, -0.05) is 66.4 Å². The Hall–Kier alpha value is -0.920. The molecule has 0 aromatic carbocycles. The molecule has 0 amide bonds. The van der Waals surface area contributed by atoms with Crippen molar-refractivity contribution in [3.05, 3.63) is 12.8 Å². The van der Waals surface area contributed by atoms with E-state index in [0.29, 0.717) is 6.04 Å². The minimum Gasteiger partial charge on any atom is -0.294 e. The van der Waals surface area contributed by atoms with Crippen LogP contribution in [-0.2, 0) is 0 Å². The zero-order valence-electron chi connectivity index (χ0n) is 14.6. The predicted molar refractivity (Wildman–Crippen MR) is 95.5 cm³/mol.